The number of hydrogen-bond donors (Lipinski definition) is 2. The van der Waals surface area contributed by atoms with E-state index in [9.17, 15) is 24.3 Å². The standard InChI is InChI=1S/C32H43NO11/c1-19(20(2)41-30(38)42-22-12-10-9-11-13-22)25(26(33)27(34)35)21-14-15-23(43-28(36)39-17-31(3,4)5)24(16-21)44-29(37)40-18-32(6,7)8/h9-16,19-20,25-26H,17-18,33H2,1-8H3,(H,34,35)/t19?,20?,25?,26-/m0/s1. The molecule has 0 amide bonds. The first-order chi connectivity index (χ1) is 20.4. The van der Waals surface area contributed by atoms with Crippen LogP contribution >= 0.6 is 0 Å². The number of ether oxygens (including phenoxy) is 6. The molecule has 0 fully saturated rings. The highest BCUT2D eigenvalue weighted by atomic mass is 16.7. The SMILES string of the molecule is CC(OC(=O)Oc1ccccc1)C(C)C(c1ccc(OC(=O)OCC(C)(C)C)c(OC(=O)OCC(C)(C)C)c1)[C@H](N)C(=O)O. The first-order valence-electron chi connectivity index (χ1n) is 14.1. The van der Waals surface area contributed by atoms with Crippen LogP contribution in [-0.4, -0.2) is 54.9 Å². The predicted octanol–water partition coefficient (Wildman–Crippen LogP) is 6.55. The van der Waals surface area contributed by atoms with Crippen LogP contribution in [0.1, 0.15) is 66.9 Å². The lowest BCUT2D eigenvalue weighted by Crippen LogP contribution is -2.43. The maximum absolute atomic E-state index is 12.6. The lowest BCUT2D eigenvalue weighted by atomic mass is 9.79. The van der Waals surface area contributed by atoms with Gasteiger partial charge in [-0.1, -0.05) is 72.7 Å². The van der Waals surface area contributed by atoms with E-state index < -0.39 is 48.4 Å². The van der Waals surface area contributed by atoms with Crippen LogP contribution in [0.2, 0.25) is 0 Å². The van der Waals surface area contributed by atoms with Gasteiger partial charge in [-0.05, 0) is 47.6 Å². The highest BCUT2D eigenvalue weighted by Crippen LogP contribution is 2.37. The number of hydrogen-bond acceptors (Lipinski definition) is 11. The number of nitrogens with two attached hydrogens (primary N) is 1. The molecular formula is C32H43NO11. The number of carbonyl (C=O) groups is 4. The maximum atomic E-state index is 12.6. The Bertz CT molecular complexity index is 1280. The number of carboxylic acid groups (broad SMARTS) is 1. The fraction of sp³-hybridized carbons (Fsp3) is 0.500. The summed E-state index contributed by atoms with van der Waals surface area (Å²) >= 11 is 0. The molecule has 0 saturated carbocycles. The van der Waals surface area contributed by atoms with E-state index in [4.69, 9.17) is 34.2 Å². The van der Waals surface area contributed by atoms with E-state index in [-0.39, 0.29) is 41.3 Å². The third-order valence-corrected chi connectivity index (χ3v) is 6.19. The quantitative estimate of drug-likeness (QED) is 0.159. The average Bonchev–Trinajstić information content (AvgIpc) is 2.91. The zero-order chi connectivity index (χ0) is 33.2. The minimum absolute atomic E-state index is 0.0345. The van der Waals surface area contributed by atoms with Crippen molar-refractivity contribution in [2.75, 3.05) is 13.2 Å². The molecule has 2 aromatic carbocycles. The van der Waals surface area contributed by atoms with E-state index in [0.29, 0.717) is 5.56 Å². The van der Waals surface area contributed by atoms with E-state index in [1.807, 2.05) is 41.5 Å². The Kier molecular flexibility index (Phi) is 12.6. The number of benzene rings is 2. The molecule has 0 aliphatic heterocycles. The summed E-state index contributed by atoms with van der Waals surface area (Å²) in [4.78, 5) is 49.5. The minimum atomic E-state index is -1.47. The van der Waals surface area contributed by atoms with E-state index in [1.165, 1.54) is 18.2 Å². The summed E-state index contributed by atoms with van der Waals surface area (Å²) in [5.41, 5.74) is 5.73. The van der Waals surface area contributed by atoms with Crippen LogP contribution in [0.5, 0.6) is 17.2 Å². The lowest BCUT2D eigenvalue weighted by molar-refractivity contribution is -0.139. The molecule has 0 heterocycles. The third-order valence-electron chi connectivity index (χ3n) is 6.19. The summed E-state index contributed by atoms with van der Waals surface area (Å²) in [6, 6.07) is 10.9. The van der Waals surface area contributed by atoms with Crippen LogP contribution in [-0.2, 0) is 19.0 Å². The molecule has 0 radical (unpaired) electrons. The van der Waals surface area contributed by atoms with Gasteiger partial charge < -0.3 is 39.3 Å². The van der Waals surface area contributed by atoms with Gasteiger partial charge in [0.1, 0.15) is 17.9 Å². The van der Waals surface area contributed by atoms with Gasteiger partial charge in [0.15, 0.2) is 11.5 Å². The van der Waals surface area contributed by atoms with Gasteiger partial charge in [0, 0.05) is 11.8 Å². The second-order valence-electron chi connectivity index (χ2n) is 12.8. The molecule has 0 saturated heterocycles. The van der Waals surface area contributed by atoms with Gasteiger partial charge in [-0.15, -0.1) is 0 Å². The molecule has 0 aliphatic rings. The Morgan fingerprint density at radius 3 is 1.77 bits per heavy atom. The Labute approximate surface area is 257 Å². The molecule has 2 rings (SSSR count). The number of rotatable bonds is 11. The van der Waals surface area contributed by atoms with Gasteiger partial charge in [-0.25, -0.2) is 14.4 Å². The van der Waals surface area contributed by atoms with Gasteiger partial charge in [0.05, 0.1) is 13.2 Å². The van der Waals surface area contributed by atoms with E-state index in [0.717, 1.165) is 0 Å². The van der Waals surface area contributed by atoms with Gasteiger partial charge in [0.2, 0.25) is 0 Å². The van der Waals surface area contributed by atoms with Crippen molar-refractivity contribution in [2.24, 2.45) is 22.5 Å². The molecule has 0 bridgehead atoms. The van der Waals surface area contributed by atoms with Crippen molar-refractivity contribution in [1.29, 1.82) is 0 Å². The van der Waals surface area contributed by atoms with Crippen LogP contribution in [0, 0.1) is 16.7 Å². The van der Waals surface area contributed by atoms with Crippen LogP contribution in [0.15, 0.2) is 48.5 Å². The van der Waals surface area contributed by atoms with E-state index in [2.05, 4.69) is 0 Å². The first kappa shape index (κ1) is 35.9. The lowest BCUT2D eigenvalue weighted by Gasteiger charge is -2.31. The van der Waals surface area contributed by atoms with Crippen molar-refractivity contribution in [2.45, 2.75) is 73.5 Å². The molecule has 0 aliphatic carbocycles. The summed E-state index contributed by atoms with van der Waals surface area (Å²) in [6.07, 6.45) is -3.96. The summed E-state index contributed by atoms with van der Waals surface area (Å²) in [5, 5.41) is 9.83. The topological polar surface area (TPSA) is 170 Å². The normalized spacial score (nSPS) is 14.3. The average molecular weight is 618 g/mol. The summed E-state index contributed by atoms with van der Waals surface area (Å²) in [5.74, 6) is -3.12. The van der Waals surface area contributed by atoms with E-state index >= 15 is 0 Å². The van der Waals surface area contributed by atoms with Crippen molar-refractivity contribution in [1.82, 2.24) is 0 Å². The van der Waals surface area contributed by atoms with Gasteiger partial charge in [-0.3, -0.25) is 4.79 Å². The molecule has 4 atom stereocenters. The zero-order valence-electron chi connectivity index (χ0n) is 26.4. The maximum Gasteiger partial charge on any atom is 0.514 e. The second-order valence-corrected chi connectivity index (χ2v) is 12.8. The highest BCUT2D eigenvalue weighted by Gasteiger charge is 2.36. The fourth-order valence-corrected chi connectivity index (χ4v) is 3.84. The predicted molar refractivity (Wildman–Crippen MR) is 160 cm³/mol. The largest absolute Gasteiger partial charge is 0.514 e. The van der Waals surface area contributed by atoms with Crippen molar-refractivity contribution in [3.63, 3.8) is 0 Å². The Hall–Kier alpha value is -4.32. The Morgan fingerprint density at radius 2 is 1.27 bits per heavy atom. The molecule has 3 N–H and O–H groups in total. The number of aliphatic carboxylic acids is 1. The van der Waals surface area contributed by atoms with Crippen LogP contribution < -0.4 is 19.9 Å². The summed E-state index contributed by atoms with van der Waals surface area (Å²) in [6.45, 7) is 14.5. The zero-order valence-corrected chi connectivity index (χ0v) is 26.4. The molecule has 0 aromatic heterocycles. The van der Waals surface area contributed by atoms with Gasteiger partial charge in [0.25, 0.3) is 0 Å². The molecule has 44 heavy (non-hydrogen) atoms. The van der Waals surface area contributed by atoms with Crippen molar-refractivity contribution in [3.05, 3.63) is 54.1 Å². The van der Waals surface area contributed by atoms with E-state index in [1.54, 1.807) is 44.2 Å². The Morgan fingerprint density at radius 1 is 0.750 bits per heavy atom. The molecule has 3 unspecified atom stereocenters. The molecule has 242 valence electrons. The smallest absolute Gasteiger partial charge is 0.480 e. The molecule has 2 aromatic rings. The minimum Gasteiger partial charge on any atom is -0.480 e. The van der Waals surface area contributed by atoms with Crippen LogP contribution in [0.4, 0.5) is 14.4 Å². The third kappa shape index (κ3) is 12.1. The summed E-state index contributed by atoms with van der Waals surface area (Å²) in [7, 11) is 0. The fourth-order valence-electron chi connectivity index (χ4n) is 3.84. The first-order valence-corrected chi connectivity index (χ1v) is 14.1. The monoisotopic (exact) mass is 617 g/mol. The molecule has 12 heteroatoms. The number of carbonyl (C=O) groups excluding carboxylic acids is 3. The molecule has 12 nitrogen and oxygen atoms in total. The van der Waals surface area contributed by atoms with Crippen LogP contribution in [0.3, 0.4) is 0 Å². The molecular weight excluding hydrogens is 574 g/mol. The van der Waals surface area contributed by atoms with Gasteiger partial charge in [-0.2, -0.15) is 0 Å². The summed E-state index contributed by atoms with van der Waals surface area (Å²) < 4.78 is 31.7. The second kappa shape index (κ2) is 15.4. The number of carboxylic acids is 1. The molecule has 0 spiro atoms. The van der Waals surface area contributed by atoms with Gasteiger partial charge >= 0.3 is 24.4 Å². The van der Waals surface area contributed by atoms with Crippen LogP contribution in [0.25, 0.3) is 0 Å². The van der Waals surface area contributed by atoms with Crippen molar-refractivity contribution < 1.29 is 52.7 Å². The highest BCUT2D eigenvalue weighted by molar-refractivity contribution is 5.75. The number of para-hydroxylation sites is 1. The Balaban J connectivity index is 2.39. The van der Waals surface area contributed by atoms with Crippen molar-refractivity contribution >= 4 is 24.4 Å². The van der Waals surface area contributed by atoms with Crippen molar-refractivity contribution in [3.8, 4) is 17.2 Å².